The summed E-state index contributed by atoms with van der Waals surface area (Å²) in [6.07, 6.45) is 0.677. The molecule has 0 aliphatic heterocycles. The van der Waals surface area contributed by atoms with Crippen LogP contribution in [0, 0.1) is 0 Å². The van der Waals surface area contributed by atoms with Crippen molar-refractivity contribution in [2.24, 2.45) is 0 Å². The molecule has 2 aromatic rings. The van der Waals surface area contributed by atoms with Crippen LogP contribution in [0.1, 0.15) is 29.8 Å². The van der Waals surface area contributed by atoms with Gasteiger partial charge in [0.1, 0.15) is 12.4 Å². The fraction of sp³-hybridized carbons (Fsp3) is 0.333. The van der Waals surface area contributed by atoms with Crippen LogP contribution in [-0.4, -0.2) is 36.0 Å². The highest BCUT2D eigenvalue weighted by Gasteiger charge is 2.31. The second-order valence-corrected chi connectivity index (χ2v) is 7.82. The van der Waals surface area contributed by atoms with Gasteiger partial charge in [0.2, 0.25) is 0 Å². The topological polar surface area (TPSA) is 64.6 Å². The molecule has 0 saturated heterocycles. The van der Waals surface area contributed by atoms with Crippen LogP contribution in [0.15, 0.2) is 48.5 Å². The van der Waals surface area contributed by atoms with Crippen molar-refractivity contribution in [3.8, 4) is 5.75 Å². The van der Waals surface area contributed by atoms with E-state index in [0.29, 0.717) is 41.2 Å². The minimum Gasteiger partial charge on any atom is -0.476 e. The third-order valence-electron chi connectivity index (χ3n) is 3.90. The van der Waals surface area contributed by atoms with E-state index < -0.39 is 11.6 Å². The van der Waals surface area contributed by atoms with Gasteiger partial charge in [-0.25, -0.2) is 4.79 Å². The summed E-state index contributed by atoms with van der Waals surface area (Å²) in [5.41, 5.74) is 0.543. The molecular formula is C21H23BrClNO4. The molecule has 0 aliphatic rings. The first-order valence-electron chi connectivity index (χ1n) is 8.87. The first-order valence-corrected chi connectivity index (χ1v) is 10.4. The number of nitrogens with one attached hydrogen (secondary N) is 1. The third kappa shape index (κ3) is 6.84. The van der Waals surface area contributed by atoms with E-state index in [-0.39, 0.29) is 5.91 Å². The number of hydrogen-bond acceptors (Lipinski definition) is 4. The average Bonchev–Trinajstić information content (AvgIpc) is 2.67. The van der Waals surface area contributed by atoms with Crippen LogP contribution in [-0.2, 0) is 16.0 Å². The number of carbonyl (C=O) groups is 2. The van der Waals surface area contributed by atoms with Crippen LogP contribution in [0.2, 0.25) is 5.02 Å². The van der Waals surface area contributed by atoms with Crippen molar-refractivity contribution in [3.63, 3.8) is 0 Å². The Kier molecular flexibility index (Phi) is 8.33. The Balaban J connectivity index is 1.83. The lowest BCUT2D eigenvalue weighted by atomic mass is 10.1. The first-order chi connectivity index (χ1) is 13.3. The molecule has 7 heteroatoms. The van der Waals surface area contributed by atoms with Crippen molar-refractivity contribution in [2.45, 2.75) is 25.9 Å². The van der Waals surface area contributed by atoms with Gasteiger partial charge in [0.25, 0.3) is 5.91 Å². The van der Waals surface area contributed by atoms with Crippen LogP contribution in [0.25, 0.3) is 0 Å². The smallest absolute Gasteiger partial charge is 0.349 e. The summed E-state index contributed by atoms with van der Waals surface area (Å²) in [6.45, 7) is 4.14. The predicted molar refractivity (Wildman–Crippen MR) is 113 cm³/mol. The van der Waals surface area contributed by atoms with Gasteiger partial charge in [-0.2, -0.15) is 0 Å². The van der Waals surface area contributed by atoms with Crippen molar-refractivity contribution < 1.29 is 19.1 Å². The number of rotatable bonds is 9. The number of hydrogen-bond donors (Lipinski definition) is 1. The number of alkyl halides is 1. The Morgan fingerprint density at radius 1 is 1.07 bits per heavy atom. The van der Waals surface area contributed by atoms with E-state index >= 15 is 0 Å². The van der Waals surface area contributed by atoms with E-state index in [0.717, 1.165) is 5.56 Å². The quantitative estimate of drug-likeness (QED) is 0.437. The van der Waals surface area contributed by atoms with Crippen molar-refractivity contribution >= 4 is 39.4 Å². The number of benzene rings is 2. The number of esters is 1. The lowest BCUT2D eigenvalue weighted by Crippen LogP contribution is -2.40. The van der Waals surface area contributed by atoms with E-state index in [1.165, 1.54) is 0 Å². The van der Waals surface area contributed by atoms with Gasteiger partial charge in [0.15, 0.2) is 5.60 Å². The fourth-order valence-corrected chi connectivity index (χ4v) is 2.68. The molecule has 2 rings (SSSR count). The van der Waals surface area contributed by atoms with Crippen LogP contribution >= 0.6 is 27.5 Å². The number of carbonyl (C=O) groups excluding carboxylic acids is 2. The molecule has 1 amide bonds. The molecule has 0 spiro atoms. The minimum atomic E-state index is -1.07. The summed E-state index contributed by atoms with van der Waals surface area (Å²) in [6, 6.07) is 14.2. The molecule has 150 valence electrons. The highest BCUT2D eigenvalue weighted by Crippen LogP contribution is 2.20. The maximum atomic E-state index is 12.1. The van der Waals surface area contributed by atoms with Gasteiger partial charge in [-0.15, -0.1) is 0 Å². The fourth-order valence-electron chi connectivity index (χ4n) is 2.39. The van der Waals surface area contributed by atoms with Crippen LogP contribution in [0.4, 0.5) is 0 Å². The van der Waals surface area contributed by atoms with Crippen LogP contribution in [0.3, 0.4) is 0 Å². The summed E-state index contributed by atoms with van der Waals surface area (Å²) in [5, 5.41) is 4.05. The second-order valence-electron chi connectivity index (χ2n) is 6.59. The number of amides is 1. The highest BCUT2D eigenvalue weighted by molar-refractivity contribution is 9.09. The van der Waals surface area contributed by atoms with Gasteiger partial charge in [-0.1, -0.05) is 39.7 Å². The Labute approximate surface area is 178 Å². The molecule has 0 fully saturated rings. The van der Waals surface area contributed by atoms with Crippen molar-refractivity contribution in [2.75, 3.05) is 18.5 Å². The molecule has 0 saturated carbocycles. The van der Waals surface area contributed by atoms with E-state index in [1.807, 2.05) is 12.1 Å². The van der Waals surface area contributed by atoms with Crippen LogP contribution in [0.5, 0.6) is 5.75 Å². The van der Waals surface area contributed by atoms with Crippen LogP contribution < -0.4 is 10.1 Å². The molecule has 1 N–H and O–H groups in total. The summed E-state index contributed by atoms with van der Waals surface area (Å²) in [5.74, 6) is 0.0241. The summed E-state index contributed by atoms with van der Waals surface area (Å²) in [4.78, 5) is 24.1. The van der Waals surface area contributed by atoms with E-state index in [4.69, 9.17) is 21.1 Å². The summed E-state index contributed by atoms with van der Waals surface area (Å²) < 4.78 is 10.9. The largest absolute Gasteiger partial charge is 0.476 e. The van der Waals surface area contributed by atoms with Gasteiger partial charge in [0, 0.05) is 22.5 Å². The van der Waals surface area contributed by atoms with Gasteiger partial charge in [-0.05, 0) is 62.2 Å². The molecule has 0 radical (unpaired) electrons. The number of halogens is 2. The molecule has 0 heterocycles. The van der Waals surface area contributed by atoms with Crippen molar-refractivity contribution in [1.29, 1.82) is 0 Å². The lowest BCUT2D eigenvalue weighted by molar-refractivity contribution is -0.158. The molecule has 0 bridgehead atoms. The van der Waals surface area contributed by atoms with E-state index in [9.17, 15) is 9.59 Å². The number of ether oxygens (including phenoxy) is 2. The Morgan fingerprint density at radius 3 is 2.32 bits per heavy atom. The first kappa shape index (κ1) is 22.2. The zero-order valence-electron chi connectivity index (χ0n) is 15.8. The van der Waals surface area contributed by atoms with E-state index in [2.05, 4.69) is 21.2 Å². The lowest BCUT2D eigenvalue weighted by Gasteiger charge is -2.24. The van der Waals surface area contributed by atoms with E-state index in [1.54, 1.807) is 50.2 Å². The maximum Gasteiger partial charge on any atom is 0.349 e. The zero-order valence-corrected chi connectivity index (χ0v) is 18.2. The molecule has 28 heavy (non-hydrogen) atoms. The van der Waals surface area contributed by atoms with Gasteiger partial charge < -0.3 is 14.8 Å². The molecule has 0 atom stereocenters. The van der Waals surface area contributed by atoms with Gasteiger partial charge in [0.05, 0.1) is 0 Å². The zero-order chi connectivity index (χ0) is 20.6. The predicted octanol–water partition coefficient (Wildman–Crippen LogP) is 4.41. The monoisotopic (exact) mass is 467 g/mol. The molecular weight excluding hydrogens is 446 g/mol. The minimum absolute atomic E-state index is 0.139. The molecule has 0 unspecified atom stereocenters. The third-order valence-corrected chi connectivity index (χ3v) is 4.48. The molecule has 5 nitrogen and oxygen atoms in total. The van der Waals surface area contributed by atoms with Crippen molar-refractivity contribution in [3.05, 3.63) is 64.7 Å². The maximum absolute atomic E-state index is 12.1. The standard InChI is InChI=1S/C21H23BrClNO4/c1-21(2,20(26)27-14-12-22)28-18-9-3-15(4-10-18)11-13-24-19(25)16-5-7-17(23)8-6-16/h3-10H,11-14H2,1-2H3,(H,24,25). The highest BCUT2D eigenvalue weighted by atomic mass is 79.9. The van der Waals surface area contributed by atoms with Crippen molar-refractivity contribution in [1.82, 2.24) is 5.32 Å². The Morgan fingerprint density at radius 2 is 1.71 bits per heavy atom. The summed E-state index contributed by atoms with van der Waals surface area (Å²) in [7, 11) is 0. The normalized spacial score (nSPS) is 11.0. The van der Waals surface area contributed by atoms with Gasteiger partial charge in [-0.3, -0.25) is 4.79 Å². The molecule has 0 aliphatic carbocycles. The molecule has 2 aromatic carbocycles. The Bertz CT molecular complexity index is 791. The average molecular weight is 469 g/mol. The SMILES string of the molecule is CC(C)(Oc1ccc(CCNC(=O)c2ccc(Cl)cc2)cc1)C(=O)OCCBr. The Hall–Kier alpha value is -2.05. The van der Waals surface area contributed by atoms with Gasteiger partial charge >= 0.3 is 5.97 Å². The summed E-state index contributed by atoms with van der Waals surface area (Å²) >= 11 is 9.04. The molecule has 0 aromatic heterocycles. The second kappa shape index (κ2) is 10.5.